The average molecular weight is 186 g/mol. The van der Waals surface area contributed by atoms with E-state index in [1.165, 1.54) is 24.8 Å². The first kappa shape index (κ1) is 8.97. The van der Waals surface area contributed by atoms with Gasteiger partial charge in [0.1, 0.15) is 0 Å². The summed E-state index contributed by atoms with van der Waals surface area (Å²) in [6, 6.07) is 0. The standard InChI is InChI=1S/5CN.Fe/c5*1-2;/q;;;;;-2. The Balaban J connectivity index is 5.87. The van der Waals surface area contributed by atoms with Crippen LogP contribution >= 0.6 is 0 Å². The molecule has 0 saturated heterocycles. The van der Waals surface area contributed by atoms with Crippen LogP contribution in [0.2, 0.25) is 0 Å². The molecule has 0 spiro atoms. The minimum atomic E-state index is -4.78. The van der Waals surface area contributed by atoms with Crippen molar-refractivity contribution in [1.29, 1.82) is 26.3 Å². The maximum absolute atomic E-state index is 8.35. The van der Waals surface area contributed by atoms with Crippen molar-refractivity contribution in [3.63, 3.8) is 0 Å². The van der Waals surface area contributed by atoms with E-state index in [0.29, 0.717) is 0 Å². The van der Waals surface area contributed by atoms with Crippen LogP contribution in [-0.4, -0.2) is 0 Å². The molecule has 0 heterocycles. The number of nitrogens with zero attached hydrogens (tertiary/aromatic N) is 5. The molecule has 6 heteroatoms. The first-order chi connectivity index (χ1) is 5.12. The zero-order valence-electron chi connectivity index (χ0n) is 5.09. The predicted molar refractivity (Wildman–Crippen MR) is 28.1 cm³/mol. The predicted octanol–water partition coefficient (Wildman–Crippen LogP) is 0.0814. The number of hydrogen-bond donors (Lipinski definition) is 0. The summed E-state index contributed by atoms with van der Waals surface area (Å²) in [5, 5.41) is 41.8. The fourth-order valence-electron chi connectivity index (χ4n) is 0.177. The normalized spacial score (nSPS) is 11.4. The van der Waals surface area contributed by atoms with Gasteiger partial charge < -0.3 is 0 Å². The molecule has 0 aromatic rings. The van der Waals surface area contributed by atoms with Gasteiger partial charge in [-0.05, 0) is 0 Å². The summed E-state index contributed by atoms with van der Waals surface area (Å²) in [5.74, 6) is 0. The van der Waals surface area contributed by atoms with Crippen molar-refractivity contribution in [2.75, 3.05) is 0 Å². The minimum absolute atomic E-state index is 1.23. The number of nitriles is 5. The van der Waals surface area contributed by atoms with Crippen LogP contribution in [0.15, 0.2) is 0 Å². The van der Waals surface area contributed by atoms with E-state index in [4.69, 9.17) is 26.3 Å². The van der Waals surface area contributed by atoms with E-state index in [0.717, 1.165) is 0 Å². The van der Waals surface area contributed by atoms with Gasteiger partial charge in [0.15, 0.2) is 0 Å². The molecule has 11 heavy (non-hydrogen) atoms. The van der Waals surface area contributed by atoms with Gasteiger partial charge in [-0.15, -0.1) is 0 Å². The van der Waals surface area contributed by atoms with Crippen LogP contribution in [0.25, 0.3) is 0 Å². The molecule has 0 unspecified atom stereocenters. The molecule has 0 aliphatic carbocycles. The van der Waals surface area contributed by atoms with Crippen LogP contribution < -0.4 is 0 Å². The van der Waals surface area contributed by atoms with Crippen molar-refractivity contribution in [3.8, 4) is 24.8 Å². The molecule has 0 radical (unpaired) electrons. The SMILES string of the molecule is N#[C][Fe-2]([C]#N)([C]#N)([C]#N)[C]#N. The van der Waals surface area contributed by atoms with E-state index in [1.54, 1.807) is 0 Å². The topological polar surface area (TPSA) is 119 Å². The Bertz CT molecular complexity index is 290. The second-order valence-electron chi connectivity index (χ2n) is 1.28. The summed E-state index contributed by atoms with van der Waals surface area (Å²) in [6.07, 6.45) is 0. The van der Waals surface area contributed by atoms with Gasteiger partial charge in [-0.1, -0.05) is 0 Å². The molecule has 0 bridgehead atoms. The molecule has 0 aliphatic rings. The third kappa shape index (κ3) is 0.879. The van der Waals surface area contributed by atoms with Crippen LogP contribution in [0, 0.1) is 51.1 Å². The molecule has 0 amide bonds. The molecule has 55 valence electrons. The van der Waals surface area contributed by atoms with Crippen LogP contribution in [0.3, 0.4) is 0 Å². The van der Waals surface area contributed by atoms with Crippen molar-refractivity contribution in [2.24, 2.45) is 0 Å². The zero-order chi connectivity index (χ0) is 8.98. The van der Waals surface area contributed by atoms with Gasteiger partial charge in [0.2, 0.25) is 0 Å². The third-order valence-electron chi connectivity index (χ3n) is 0.791. The zero-order valence-corrected chi connectivity index (χ0v) is 6.19. The Morgan fingerprint density at radius 3 is 0.727 bits per heavy atom. The first-order valence-corrected chi connectivity index (χ1v) is 4.76. The molecular formula is C5FeN5-2. The Morgan fingerprint density at radius 2 is 0.727 bits per heavy atom. The fourth-order valence-corrected chi connectivity index (χ4v) is 0.729. The molecule has 5 nitrogen and oxygen atoms in total. The van der Waals surface area contributed by atoms with Crippen molar-refractivity contribution < 1.29 is 11.8 Å². The van der Waals surface area contributed by atoms with Gasteiger partial charge in [-0.2, -0.15) is 0 Å². The molecule has 0 fully saturated rings. The van der Waals surface area contributed by atoms with Crippen molar-refractivity contribution in [3.05, 3.63) is 0 Å². The van der Waals surface area contributed by atoms with Crippen LogP contribution in [0.4, 0.5) is 0 Å². The summed E-state index contributed by atoms with van der Waals surface area (Å²) < 4.78 is 0. The Hall–Kier alpha value is -2.03. The Labute approximate surface area is 63.5 Å². The molecule has 0 rings (SSSR count). The van der Waals surface area contributed by atoms with E-state index >= 15 is 0 Å². The van der Waals surface area contributed by atoms with E-state index < -0.39 is 11.8 Å². The summed E-state index contributed by atoms with van der Waals surface area (Å²) >= 11 is -4.78. The molecule has 0 aromatic carbocycles. The number of rotatable bonds is 0. The third-order valence-corrected chi connectivity index (χ3v) is 3.26. The second kappa shape index (κ2) is 2.30. The molecule has 0 saturated carbocycles. The maximum atomic E-state index is 8.35. The molecule has 0 aliphatic heterocycles. The van der Waals surface area contributed by atoms with Crippen LogP contribution in [0.1, 0.15) is 0 Å². The number of hydrogen-bond acceptors (Lipinski definition) is 5. The fraction of sp³-hybridized carbons (Fsp3) is 0. The van der Waals surface area contributed by atoms with E-state index in [1.807, 2.05) is 0 Å². The summed E-state index contributed by atoms with van der Waals surface area (Å²) in [7, 11) is 0. The van der Waals surface area contributed by atoms with Crippen LogP contribution in [0.5, 0.6) is 0 Å². The Kier molecular flexibility index (Phi) is 1.88. The van der Waals surface area contributed by atoms with E-state index in [9.17, 15) is 0 Å². The summed E-state index contributed by atoms with van der Waals surface area (Å²) in [6.45, 7) is 0. The summed E-state index contributed by atoms with van der Waals surface area (Å²) in [5.41, 5.74) is 0. The van der Waals surface area contributed by atoms with Gasteiger partial charge in [-0.25, -0.2) is 0 Å². The monoisotopic (exact) mass is 186 g/mol. The molecule has 0 aromatic heterocycles. The van der Waals surface area contributed by atoms with E-state index in [-0.39, 0.29) is 0 Å². The molecule has 0 atom stereocenters. The quantitative estimate of drug-likeness (QED) is 0.496. The first-order valence-electron chi connectivity index (χ1n) is 2.00. The van der Waals surface area contributed by atoms with Crippen molar-refractivity contribution in [1.82, 2.24) is 0 Å². The van der Waals surface area contributed by atoms with Crippen LogP contribution in [-0.2, 0) is 11.8 Å². The van der Waals surface area contributed by atoms with Gasteiger partial charge in [0, 0.05) is 0 Å². The summed E-state index contributed by atoms with van der Waals surface area (Å²) in [4.78, 5) is 6.12. The molecule has 0 N–H and O–H groups in total. The van der Waals surface area contributed by atoms with Gasteiger partial charge in [0.25, 0.3) is 0 Å². The van der Waals surface area contributed by atoms with Gasteiger partial charge in [0.05, 0.1) is 0 Å². The molecular weight excluding hydrogens is 186 g/mol. The van der Waals surface area contributed by atoms with E-state index in [2.05, 4.69) is 0 Å². The van der Waals surface area contributed by atoms with Gasteiger partial charge in [-0.3, -0.25) is 0 Å². The van der Waals surface area contributed by atoms with Gasteiger partial charge >= 0.3 is 62.9 Å². The second-order valence-corrected chi connectivity index (χ2v) is 5.27. The van der Waals surface area contributed by atoms with Crippen molar-refractivity contribution in [2.45, 2.75) is 0 Å². The Morgan fingerprint density at radius 1 is 0.545 bits per heavy atom. The van der Waals surface area contributed by atoms with Crippen molar-refractivity contribution >= 4 is 0 Å². The average Bonchev–Trinajstić information content (AvgIpc) is 2.12.